The van der Waals surface area contributed by atoms with E-state index in [1.807, 2.05) is 6.07 Å². The van der Waals surface area contributed by atoms with Gasteiger partial charge in [-0.05, 0) is 36.5 Å². The van der Waals surface area contributed by atoms with Crippen molar-refractivity contribution in [2.24, 2.45) is 11.7 Å². The smallest absolute Gasteiger partial charge is 0.241 e. The molecular formula is C13H20N2O2S. The largest absolute Gasteiger partial charge is 0.326 e. The number of nitrogens with two attached hydrogens (primary N) is 1. The molecule has 0 spiro atoms. The van der Waals surface area contributed by atoms with Crippen molar-refractivity contribution in [3.8, 4) is 0 Å². The Morgan fingerprint density at radius 1 is 1.44 bits per heavy atom. The molecule has 0 aromatic heterocycles. The Kier molecular flexibility index (Phi) is 3.75. The second kappa shape index (κ2) is 4.99. The van der Waals surface area contributed by atoms with E-state index in [1.54, 1.807) is 19.1 Å². The first-order chi connectivity index (χ1) is 8.49. The van der Waals surface area contributed by atoms with Crippen molar-refractivity contribution in [3.05, 3.63) is 29.3 Å². The third-order valence-electron chi connectivity index (χ3n) is 3.66. The Hall–Kier alpha value is -0.910. The molecule has 0 heterocycles. The van der Waals surface area contributed by atoms with Crippen LogP contribution >= 0.6 is 0 Å². The monoisotopic (exact) mass is 268 g/mol. The maximum atomic E-state index is 12.3. The fourth-order valence-electron chi connectivity index (χ4n) is 2.28. The number of benzene rings is 1. The normalized spacial score (nSPS) is 23.1. The summed E-state index contributed by atoms with van der Waals surface area (Å²) in [5.74, 6) is 0.498. The number of sulfonamides is 1. The molecule has 0 aliphatic heterocycles. The van der Waals surface area contributed by atoms with Gasteiger partial charge in [0.2, 0.25) is 10.0 Å². The standard InChI is InChI=1S/C13H20N2O2S/c1-3-10-7-12(10)15-18(16,17)13-6-4-5-11(8-14)9(13)2/h4-6,10,12,15H,3,7-8,14H2,1-2H3. The molecule has 1 aromatic rings. The van der Waals surface area contributed by atoms with Gasteiger partial charge in [0.25, 0.3) is 0 Å². The average Bonchev–Trinajstić information content (AvgIpc) is 3.06. The Balaban J connectivity index is 2.25. The number of rotatable bonds is 5. The van der Waals surface area contributed by atoms with Gasteiger partial charge in [0.05, 0.1) is 4.90 Å². The highest BCUT2D eigenvalue weighted by Crippen LogP contribution is 2.34. The van der Waals surface area contributed by atoms with Crippen molar-refractivity contribution in [1.82, 2.24) is 4.72 Å². The number of hydrogen-bond donors (Lipinski definition) is 2. The van der Waals surface area contributed by atoms with Crippen LogP contribution in [-0.4, -0.2) is 14.5 Å². The summed E-state index contributed by atoms with van der Waals surface area (Å²) in [6.07, 6.45) is 1.97. The van der Waals surface area contributed by atoms with Gasteiger partial charge in [-0.3, -0.25) is 0 Å². The van der Waals surface area contributed by atoms with Crippen LogP contribution in [0.15, 0.2) is 23.1 Å². The zero-order valence-electron chi connectivity index (χ0n) is 10.8. The van der Waals surface area contributed by atoms with Gasteiger partial charge >= 0.3 is 0 Å². The van der Waals surface area contributed by atoms with Gasteiger partial charge < -0.3 is 5.73 Å². The summed E-state index contributed by atoms with van der Waals surface area (Å²) < 4.78 is 27.3. The molecule has 1 saturated carbocycles. The molecule has 5 heteroatoms. The summed E-state index contributed by atoms with van der Waals surface area (Å²) in [5, 5.41) is 0. The summed E-state index contributed by atoms with van der Waals surface area (Å²) in [5.41, 5.74) is 7.23. The molecular weight excluding hydrogens is 248 g/mol. The SMILES string of the molecule is CCC1CC1NS(=O)(=O)c1cccc(CN)c1C. The minimum Gasteiger partial charge on any atom is -0.326 e. The number of nitrogens with one attached hydrogen (secondary N) is 1. The molecule has 0 amide bonds. The van der Waals surface area contributed by atoms with Crippen LogP contribution in [0.3, 0.4) is 0 Å². The Labute approximate surface area is 109 Å². The number of hydrogen-bond acceptors (Lipinski definition) is 3. The van der Waals surface area contributed by atoms with E-state index < -0.39 is 10.0 Å². The van der Waals surface area contributed by atoms with Crippen LogP contribution < -0.4 is 10.5 Å². The predicted molar refractivity (Wildman–Crippen MR) is 71.6 cm³/mol. The lowest BCUT2D eigenvalue weighted by molar-refractivity contribution is 0.575. The lowest BCUT2D eigenvalue weighted by atomic mass is 10.1. The fourth-order valence-corrected chi connectivity index (χ4v) is 3.88. The molecule has 1 aliphatic carbocycles. The summed E-state index contributed by atoms with van der Waals surface area (Å²) in [6, 6.07) is 5.36. The van der Waals surface area contributed by atoms with E-state index in [0.29, 0.717) is 17.4 Å². The van der Waals surface area contributed by atoms with Gasteiger partial charge in [-0.15, -0.1) is 0 Å². The summed E-state index contributed by atoms with van der Waals surface area (Å²) in [6.45, 7) is 4.25. The first-order valence-corrected chi connectivity index (χ1v) is 7.78. The molecule has 2 unspecified atom stereocenters. The molecule has 2 rings (SSSR count). The van der Waals surface area contributed by atoms with Crippen molar-refractivity contribution in [2.75, 3.05) is 0 Å². The lowest BCUT2D eigenvalue weighted by Crippen LogP contribution is -2.28. The summed E-state index contributed by atoms with van der Waals surface area (Å²) in [4.78, 5) is 0.354. The molecule has 1 fully saturated rings. The Morgan fingerprint density at radius 3 is 2.72 bits per heavy atom. The van der Waals surface area contributed by atoms with Gasteiger partial charge in [0, 0.05) is 12.6 Å². The fraction of sp³-hybridized carbons (Fsp3) is 0.538. The van der Waals surface area contributed by atoms with Crippen molar-refractivity contribution >= 4 is 10.0 Å². The van der Waals surface area contributed by atoms with Gasteiger partial charge in [-0.25, -0.2) is 13.1 Å². The molecule has 18 heavy (non-hydrogen) atoms. The predicted octanol–water partition coefficient (Wildman–Crippen LogP) is 1.53. The molecule has 4 nitrogen and oxygen atoms in total. The van der Waals surface area contributed by atoms with Gasteiger partial charge in [0.15, 0.2) is 0 Å². The van der Waals surface area contributed by atoms with E-state index >= 15 is 0 Å². The van der Waals surface area contributed by atoms with Crippen LogP contribution in [0.1, 0.15) is 30.9 Å². The maximum Gasteiger partial charge on any atom is 0.241 e. The zero-order chi connectivity index (χ0) is 13.3. The minimum atomic E-state index is -3.41. The van der Waals surface area contributed by atoms with Crippen LogP contribution in [0.2, 0.25) is 0 Å². The van der Waals surface area contributed by atoms with Gasteiger partial charge in [-0.1, -0.05) is 25.5 Å². The van der Waals surface area contributed by atoms with E-state index in [4.69, 9.17) is 5.73 Å². The first kappa shape index (κ1) is 13.5. The quantitative estimate of drug-likeness (QED) is 0.850. The van der Waals surface area contributed by atoms with E-state index in [9.17, 15) is 8.42 Å². The topological polar surface area (TPSA) is 72.2 Å². The highest BCUT2D eigenvalue weighted by atomic mass is 32.2. The third-order valence-corrected chi connectivity index (χ3v) is 5.29. The molecule has 0 bridgehead atoms. The van der Waals surface area contributed by atoms with Crippen LogP contribution in [-0.2, 0) is 16.6 Å². The summed E-state index contributed by atoms with van der Waals surface area (Å²) in [7, 11) is -3.41. The average molecular weight is 268 g/mol. The Morgan fingerprint density at radius 2 is 2.17 bits per heavy atom. The molecule has 0 radical (unpaired) electrons. The second-order valence-corrected chi connectivity index (χ2v) is 6.56. The van der Waals surface area contributed by atoms with Crippen molar-refractivity contribution in [1.29, 1.82) is 0 Å². The minimum absolute atomic E-state index is 0.112. The van der Waals surface area contributed by atoms with E-state index in [-0.39, 0.29) is 6.04 Å². The molecule has 2 atom stereocenters. The highest BCUT2D eigenvalue weighted by Gasteiger charge is 2.38. The van der Waals surface area contributed by atoms with Crippen LogP contribution in [0.4, 0.5) is 0 Å². The summed E-state index contributed by atoms with van der Waals surface area (Å²) >= 11 is 0. The van der Waals surface area contributed by atoms with Crippen LogP contribution in [0, 0.1) is 12.8 Å². The van der Waals surface area contributed by atoms with Gasteiger partial charge in [-0.2, -0.15) is 0 Å². The maximum absolute atomic E-state index is 12.3. The zero-order valence-corrected chi connectivity index (χ0v) is 11.6. The molecule has 0 saturated heterocycles. The highest BCUT2D eigenvalue weighted by molar-refractivity contribution is 7.89. The van der Waals surface area contributed by atoms with Crippen LogP contribution in [0.25, 0.3) is 0 Å². The Bertz CT molecular complexity index is 540. The van der Waals surface area contributed by atoms with Gasteiger partial charge in [0.1, 0.15) is 0 Å². The van der Waals surface area contributed by atoms with E-state index in [2.05, 4.69) is 11.6 Å². The lowest BCUT2D eigenvalue weighted by Gasteiger charge is -2.11. The van der Waals surface area contributed by atoms with Crippen molar-refractivity contribution < 1.29 is 8.42 Å². The van der Waals surface area contributed by atoms with E-state index in [1.165, 1.54) is 0 Å². The van der Waals surface area contributed by atoms with E-state index in [0.717, 1.165) is 24.0 Å². The molecule has 1 aliphatic rings. The first-order valence-electron chi connectivity index (χ1n) is 6.30. The molecule has 100 valence electrons. The molecule has 3 N–H and O–H groups in total. The third kappa shape index (κ3) is 2.58. The van der Waals surface area contributed by atoms with Crippen LogP contribution in [0.5, 0.6) is 0 Å². The molecule has 1 aromatic carbocycles. The second-order valence-electron chi connectivity index (χ2n) is 4.88. The van der Waals surface area contributed by atoms with Crippen molar-refractivity contribution in [3.63, 3.8) is 0 Å². The van der Waals surface area contributed by atoms with Crippen molar-refractivity contribution in [2.45, 2.75) is 44.2 Å².